The number of guanidine groups is 1. The number of hydrogen-bond acceptors (Lipinski definition) is 1. The van der Waals surface area contributed by atoms with Crippen LogP contribution in [-0.2, 0) is 0 Å². The van der Waals surface area contributed by atoms with Crippen molar-refractivity contribution in [2.24, 2.45) is 16.1 Å². The summed E-state index contributed by atoms with van der Waals surface area (Å²) in [6, 6.07) is 0. The third-order valence-electron chi connectivity index (χ3n) is 2.89. The van der Waals surface area contributed by atoms with Crippen LogP contribution in [0.2, 0.25) is 0 Å². The van der Waals surface area contributed by atoms with Crippen LogP contribution in [0, 0.1) is 5.41 Å². The summed E-state index contributed by atoms with van der Waals surface area (Å²) in [5.74, 6) is 0.706. The van der Waals surface area contributed by atoms with Gasteiger partial charge < -0.3 is 10.6 Å². The van der Waals surface area contributed by atoms with Crippen molar-refractivity contribution < 1.29 is 0 Å². The third-order valence-corrected chi connectivity index (χ3v) is 2.89. The number of likely N-dealkylation sites (tertiary alicyclic amines) is 1. The molecule has 1 heterocycles. The standard InChI is InChI=1S/C12H25N3/c1-11(2,3)14-10(13)15-8-6-12(4,5)7-9-15/h6-9H2,1-5H3,(H2,13,14). The number of nitrogens with two attached hydrogens (primary N) is 1. The van der Waals surface area contributed by atoms with Crippen molar-refractivity contribution in [3.8, 4) is 0 Å². The summed E-state index contributed by atoms with van der Waals surface area (Å²) in [4.78, 5) is 6.71. The van der Waals surface area contributed by atoms with Crippen molar-refractivity contribution in [2.45, 2.75) is 53.0 Å². The summed E-state index contributed by atoms with van der Waals surface area (Å²) in [5, 5.41) is 0. The number of nitrogens with zero attached hydrogens (tertiary/aromatic N) is 2. The van der Waals surface area contributed by atoms with Gasteiger partial charge in [0.15, 0.2) is 5.96 Å². The molecule has 1 aliphatic heterocycles. The zero-order valence-corrected chi connectivity index (χ0v) is 10.8. The molecular weight excluding hydrogens is 186 g/mol. The predicted molar refractivity (Wildman–Crippen MR) is 66.0 cm³/mol. The third kappa shape index (κ3) is 4.10. The van der Waals surface area contributed by atoms with E-state index in [-0.39, 0.29) is 5.54 Å². The van der Waals surface area contributed by atoms with E-state index in [0.29, 0.717) is 11.4 Å². The van der Waals surface area contributed by atoms with Gasteiger partial charge >= 0.3 is 0 Å². The fourth-order valence-electron chi connectivity index (χ4n) is 1.76. The molecule has 0 unspecified atom stereocenters. The monoisotopic (exact) mass is 211 g/mol. The molecule has 0 spiro atoms. The Hall–Kier alpha value is -0.730. The first-order chi connectivity index (χ1) is 6.70. The van der Waals surface area contributed by atoms with Crippen LogP contribution in [0.1, 0.15) is 47.5 Å². The molecule has 0 saturated carbocycles. The lowest BCUT2D eigenvalue weighted by Gasteiger charge is -2.37. The molecule has 0 aromatic rings. The molecule has 3 heteroatoms. The molecule has 0 aromatic heterocycles. The molecule has 1 rings (SSSR count). The fourth-order valence-corrected chi connectivity index (χ4v) is 1.76. The molecule has 0 radical (unpaired) electrons. The smallest absolute Gasteiger partial charge is 0.191 e. The Morgan fingerprint density at radius 2 is 1.67 bits per heavy atom. The Morgan fingerprint density at radius 1 is 1.20 bits per heavy atom. The molecular formula is C12H25N3. The van der Waals surface area contributed by atoms with Crippen LogP contribution in [0.5, 0.6) is 0 Å². The normalized spacial score (nSPS) is 23.0. The highest BCUT2D eigenvalue weighted by molar-refractivity contribution is 5.78. The van der Waals surface area contributed by atoms with Crippen molar-refractivity contribution in [2.75, 3.05) is 13.1 Å². The van der Waals surface area contributed by atoms with Crippen LogP contribution in [0.25, 0.3) is 0 Å². The van der Waals surface area contributed by atoms with Crippen molar-refractivity contribution in [1.29, 1.82) is 0 Å². The van der Waals surface area contributed by atoms with Gasteiger partial charge in [0.05, 0.1) is 5.54 Å². The highest BCUT2D eigenvalue weighted by Crippen LogP contribution is 2.29. The van der Waals surface area contributed by atoms with Crippen LogP contribution < -0.4 is 5.73 Å². The van der Waals surface area contributed by atoms with Crippen LogP contribution >= 0.6 is 0 Å². The van der Waals surface area contributed by atoms with Gasteiger partial charge in [0.2, 0.25) is 0 Å². The second-order valence-electron chi connectivity index (χ2n) is 6.29. The highest BCUT2D eigenvalue weighted by Gasteiger charge is 2.26. The van der Waals surface area contributed by atoms with Crippen LogP contribution in [0.15, 0.2) is 4.99 Å². The Morgan fingerprint density at radius 3 is 2.07 bits per heavy atom. The first kappa shape index (κ1) is 12.3. The quantitative estimate of drug-likeness (QED) is 0.493. The number of hydrogen-bond donors (Lipinski definition) is 1. The maximum absolute atomic E-state index is 6.00. The Balaban J connectivity index is 2.57. The largest absolute Gasteiger partial charge is 0.370 e. The van der Waals surface area contributed by atoms with E-state index in [2.05, 4.69) is 44.5 Å². The minimum absolute atomic E-state index is 0.0724. The van der Waals surface area contributed by atoms with E-state index in [1.54, 1.807) is 0 Å². The van der Waals surface area contributed by atoms with Gasteiger partial charge in [-0.2, -0.15) is 0 Å². The maximum atomic E-state index is 6.00. The van der Waals surface area contributed by atoms with Gasteiger partial charge in [-0.25, -0.2) is 4.99 Å². The molecule has 2 N–H and O–H groups in total. The van der Waals surface area contributed by atoms with Gasteiger partial charge in [-0.1, -0.05) is 13.8 Å². The number of aliphatic imine (C=N–C) groups is 1. The van der Waals surface area contributed by atoms with Crippen LogP contribution in [0.4, 0.5) is 0 Å². The molecule has 0 amide bonds. The second kappa shape index (κ2) is 4.03. The van der Waals surface area contributed by atoms with E-state index in [0.717, 1.165) is 13.1 Å². The van der Waals surface area contributed by atoms with Gasteiger partial charge in [0.1, 0.15) is 0 Å². The van der Waals surface area contributed by atoms with Gasteiger partial charge in [-0.15, -0.1) is 0 Å². The molecule has 15 heavy (non-hydrogen) atoms. The number of rotatable bonds is 0. The Bertz CT molecular complexity index is 238. The molecule has 0 aromatic carbocycles. The van der Waals surface area contributed by atoms with Gasteiger partial charge in [-0.05, 0) is 39.0 Å². The molecule has 0 aliphatic carbocycles. The molecule has 88 valence electrons. The first-order valence-corrected chi connectivity index (χ1v) is 5.80. The Kier molecular flexibility index (Phi) is 3.31. The zero-order valence-electron chi connectivity index (χ0n) is 10.8. The van der Waals surface area contributed by atoms with Gasteiger partial charge in [0, 0.05) is 13.1 Å². The van der Waals surface area contributed by atoms with E-state index in [4.69, 9.17) is 5.73 Å². The maximum Gasteiger partial charge on any atom is 0.191 e. The van der Waals surface area contributed by atoms with E-state index in [9.17, 15) is 0 Å². The average Bonchev–Trinajstić information content (AvgIpc) is 2.00. The van der Waals surface area contributed by atoms with E-state index in [1.807, 2.05) is 0 Å². The molecule has 1 fully saturated rings. The Labute approximate surface area is 93.7 Å². The summed E-state index contributed by atoms with van der Waals surface area (Å²) in [6.07, 6.45) is 2.40. The van der Waals surface area contributed by atoms with E-state index < -0.39 is 0 Å². The first-order valence-electron chi connectivity index (χ1n) is 5.80. The van der Waals surface area contributed by atoms with Crippen molar-refractivity contribution in [1.82, 2.24) is 4.90 Å². The second-order valence-corrected chi connectivity index (χ2v) is 6.29. The van der Waals surface area contributed by atoms with Gasteiger partial charge in [-0.3, -0.25) is 0 Å². The zero-order chi connectivity index (χ0) is 11.7. The van der Waals surface area contributed by atoms with Gasteiger partial charge in [0.25, 0.3) is 0 Å². The summed E-state index contributed by atoms with van der Waals surface area (Å²) < 4.78 is 0. The minimum atomic E-state index is -0.0724. The van der Waals surface area contributed by atoms with Crippen LogP contribution in [-0.4, -0.2) is 29.5 Å². The lowest BCUT2D eigenvalue weighted by molar-refractivity contribution is 0.186. The minimum Gasteiger partial charge on any atom is -0.370 e. The predicted octanol–water partition coefficient (Wildman–Crippen LogP) is 2.22. The van der Waals surface area contributed by atoms with E-state index >= 15 is 0 Å². The molecule has 1 saturated heterocycles. The van der Waals surface area contributed by atoms with Crippen LogP contribution in [0.3, 0.4) is 0 Å². The van der Waals surface area contributed by atoms with Crippen molar-refractivity contribution in [3.63, 3.8) is 0 Å². The van der Waals surface area contributed by atoms with Crippen molar-refractivity contribution in [3.05, 3.63) is 0 Å². The van der Waals surface area contributed by atoms with Crippen molar-refractivity contribution >= 4 is 5.96 Å². The lowest BCUT2D eigenvalue weighted by Crippen LogP contribution is -2.45. The summed E-state index contributed by atoms with van der Waals surface area (Å²) in [6.45, 7) is 13.0. The van der Waals surface area contributed by atoms with E-state index in [1.165, 1.54) is 12.8 Å². The highest BCUT2D eigenvalue weighted by atomic mass is 15.3. The number of piperidine rings is 1. The molecule has 0 bridgehead atoms. The summed E-state index contributed by atoms with van der Waals surface area (Å²) in [5.41, 5.74) is 6.40. The molecule has 1 aliphatic rings. The molecule has 0 atom stereocenters. The molecule has 3 nitrogen and oxygen atoms in total. The fraction of sp³-hybridized carbons (Fsp3) is 0.917. The topological polar surface area (TPSA) is 41.6 Å². The lowest BCUT2D eigenvalue weighted by atomic mass is 9.83. The summed E-state index contributed by atoms with van der Waals surface area (Å²) >= 11 is 0. The average molecular weight is 211 g/mol. The summed E-state index contributed by atoms with van der Waals surface area (Å²) in [7, 11) is 0. The SMILES string of the molecule is CC1(C)CCN(C(N)=NC(C)(C)C)CC1.